The summed E-state index contributed by atoms with van der Waals surface area (Å²) in [6.45, 7) is 4.22. The fraction of sp³-hybridized carbons (Fsp3) is 0.611. The molecular weight excluding hydrogens is 246 g/mol. The summed E-state index contributed by atoms with van der Waals surface area (Å²) in [5.41, 5.74) is 0.557. The van der Waals surface area contributed by atoms with Crippen LogP contribution < -0.4 is 0 Å². The molecule has 1 saturated carbocycles. The summed E-state index contributed by atoms with van der Waals surface area (Å²) >= 11 is 0. The van der Waals surface area contributed by atoms with Crippen molar-refractivity contribution in [2.75, 3.05) is 0 Å². The highest BCUT2D eigenvalue weighted by atomic mass is 16.3. The third-order valence-electron chi connectivity index (χ3n) is 5.05. The molecule has 1 aliphatic rings. The summed E-state index contributed by atoms with van der Waals surface area (Å²) in [6.07, 6.45) is 4.47. The van der Waals surface area contributed by atoms with E-state index in [1.807, 2.05) is 37.3 Å². The Morgan fingerprint density at radius 3 is 2.70 bits per heavy atom. The molecule has 4 unspecified atom stereocenters. The number of rotatable bonds is 4. The second-order valence-corrected chi connectivity index (χ2v) is 6.28. The van der Waals surface area contributed by atoms with Crippen molar-refractivity contribution < 1.29 is 5.11 Å². The Morgan fingerprint density at radius 2 is 2.10 bits per heavy atom. The minimum Gasteiger partial charge on any atom is -0.391 e. The maximum Gasteiger partial charge on any atom is 0.0840 e. The van der Waals surface area contributed by atoms with Crippen molar-refractivity contribution in [2.24, 2.45) is 11.3 Å². The Kier molecular flexibility index (Phi) is 4.83. The standard InChI is InChI=1S/C18H25NO/c1-3-15-8-7-11-18(12-15,13-19)17(20)14(2)16-9-5-4-6-10-16/h4-6,9-10,14-15,17,20H,3,7-8,11-12H2,1-2H3. The van der Waals surface area contributed by atoms with E-state index in [1.54, 1.807) is 0 Å². The van der Waals surface area contributed by atoms with Crippen LogP contribution in [0.15, 0.2) is 30.3 Å². The van der Waals surface area contributed by atoms with Crippen LogP contribution in [0, 0.1) is 22.7 Å². The zero-order valence-corrected chi connectivity index (χ0v) is 12.5. The molecule has 1 aromatic rings. The molecule has 0 bridgehead atoms. The van der Waals surface area contributed by atoms with Crippen LogP contribution in [0.1, 0.15) is 57.4 Å². The summed E-state index contributed by atoms with van der Waals surface area (Å²) in [4.78, 5) is 0. The largest absolute Gasteiger partial charge is 0.391 e. The number of aliphatic hydroxyl groups excluding tert-OH is 1. The highest BCUT2D eigenvalue weighted by Crippen LogP contribution is 2.46. The number of benzene rings is 1. The monoisotopic (exact) mass is 271 g/mol. The van der Waals surface area contributed by atoms with E-state index in [0.717, 1.165) is 31.2 Å². The zero-order valence-electron chi connectivity index (χ0n) is 12.5. The molecule has 4 atom stereocenters. The predicted octanol–water partition coefficient (Wildman–Crippen LogP) is 4.26. The van der Waals surface area contributed by atoms with E-state index in [4.69, 9.17) is 0 Å². The lowest BCUT2D eigenvalue weighted by Gasteiger charge is -2.41. The van der Waals surface area contributed by atoms with E-state index < -0.39 is 11.5 Å². The Bertz CT molecular complexity index is 464. The third kappa shape index (κ3) is 2.88. The van der Waals surface area contributed by atoms with E-state index >= 15 is 0 Å². The molecule has 0 spiro atoms. The van der Waals surface area contributed by atoms with Crippen molar-refractivity contribution in [1.29, 1.82) is 5.26 Å². The van der Waals surface area contributed by atoms with Gasteiger partial charge >= 0.3 is 0 Å². The molecule has 0 heterocycles. The number of hydrogen-bond acceptors (Lipinski definition) is 2. The van der Waals surface area contributed by atoms with Gasteiger partial charge in [-0.3, -0.25) is 0 Å². The van der Waals surface area contributed by atoms with Gasteiger partial charge in [-0.15, -0.1) is 0 Å². The summed E-state index contributed by atoms with van der Waals surface area (Å²) in [5.74, 6) is 0.590. The quantitative estimate of drug-likeness (QED) is 0.889. The Balaban J connectivity index is 2.20. The first-order valence-corrected chi connectivity index (χ1v) is 7.77. The highest BCUT2D eigenvalue weighted by molar-refractivity contribution is 5.23. The molecule has 0 saturated heterocycles. The first-order chi connectivity index (χ1) is 9.63. The van der Waals surface area contributed by atoms with Crippen LogP contribution in [0.4, 0.5) is 0 Å². The third-order valence-corrected chi connectivity index (χ3v) is 5.05. The topological polar surface area (TPSA) is 44.0 Å². The van der Waals surface area contributed by atoms with Gasteiger partial charge in [0.1, 0.15) is 0 Å². The minimum absolute atomic E-state index is 0.00598. The summed E-state index contributed by atoms with van der Waals surface area (Å²) in [5, 5.41) is 20.5. The number of nitriles is 1. The molecule has 2 nitrogen and oxygen atoms in total. The number of nitrogens with zero attached hydrogens (tertiary/aromatic N) is 1. The molecule has 1 aromatic carbocycles. The molecule has 0 aromatic heterocycles. The first-order valence-electron chi connectivity index (χ1n) is 7.77. The minimum atomic E-state index is -0.579. The summed E-state index contributed by atoms with van der Waals surface area (Å²) < 4.78 is 0. The van der Waals surface area contributed by atoms with E-state index in [-0.39, 0.29) is 5.92 Å². The maximum atomic E-state index is 10.8. The Morgan fingerprint density at radius 1 is 1.40 bits per heavy atom. The van der Waals surface area contributed by atoms with Gasteiger partial charge in [-0.05, 0) is 24.3 Å². The van der Waals surface area contributed by atoms with E-state index in [0.29, 0.717) is 5.92 Å². The number of aliphatic hydroxyl groups is 1. The van der Waals surface area contributed by atoms with Crippen LogP contribution in [0.5, 0.6) is 0 Å². The predicted molar refractivity (Wildman–Crippen MR) is 81.2 cm³/mol. The lowest BCUT2D eigenvalue weighted by molar-refractivity contribution is 0.00487. The van der Waals surface area contributed by atoms with Crippen molar-refractivity contribution in [3.05, 3.63) is 35.9 Å². The SMILES string of the molecule is CCC1CCCC(C#N)(C(O)C(C)c2ccccc2)C1. The molecule has 20 heavy (non-hydrogen) atoms. The molecule has 108 valence electrons. The van der Waals surface area contributed by atoms with Crippen molar-refractivity contribution in [1.82, 2.24) is 0 Å². The van der Waals surface area contributed by atoms with Gasteiger partial charge in [0.15, 0.2) is 0 Å². The molecular formula is C18H25NO. The zero-order chi connectivity index (χ0) is 14.6. The normalized spacial score (nSPS) is 29.4. The number of hydrogen-bond donors (Lipinski definition) is 1. The molecule has 0 amide bonds. The smallest absolute Gasteiger partial charge is 0.0840 e. The first kappa shape index (κ1) is 15.1. The Hall–Kier alpha value is -1.33. The molecule has 1 fully saturated rings. The van der Waals surface area contributed by atoms with Crippen LogP contribution in [-0.4, -0.2) is 11.2 Å². The Labute approximate surface area is 122 Å². The lowest BCUT2D eigenvalue weighted by Crippen LogP contribution is -2.41. The van der Waals surface area contributed by atoms with Gasteiger partial charge in [0, 0.05) is 5.92 Å². The molecule has 2 heteroatoms. The fourth-order valence-corrected chi connectivity index (χ4v) is 3.63. The second kappa shape index (κ2) is 6.41. The average Bonchev–Trinajstić information content (AvgIpc) is 2.54. The summed E-state index contributed by atoms with van der Waals surface area (Å²) in [6, 6.07) is 12.5. The average molecular weight is 271 g/mol. The van der Waals surface area contributed by atoms with Crippen molar-refractivity contribution in [3.63, 3.8) is 0 Å². The van der Waals surface area contributed by atoms with Crippen LogP contribution >= 0.6 is 0 Å². The lowest BCUT2D eigenvalue weighted by atomic mass is 9.64. The van der Waals surface area contributed by atoms with E-state index in [1.165, 1.54) is 6.42 Å². The van der Waals surface area contributed by atoms with E-state index in [9.17, 15) is 10.4 Å². The van der Waals surface area contributed by atoms with Crippen LogP contribution in [0.3, 0.4) is 0 Å². The van der Waals surface area contributed by atoms with Crippen LogP contribution in [-0.2, 0) is 0 Å². The molecule has 0 radical (unpaired) electrons. The highest BCUT2D eigenvalue weighted by Gasteiger charge is 2.44. The molecule has 1 N–H and O–H groups in total. The van der Waals surface area contributed by atoms with Crippen molar-refractivity contribution in [2.45, 2.75) is 58.0 Å². The van der Waals surface area contributed by atoms with Crippen LogP contribution in [0.2, 0.25) is 0 Å². The van der Waals surface area contributed by atoms with Gasteiger partial charge in [-0.2, -0.15) is 5.26 Å². The van der Waals surface area contributed by atoms with Crippen molar-refractivity contribution in [3.8, 4) is 6.07 Å². The molecule has 0 aliphatic heterocycles. The maximum absolute atomic E-state index is 10.8. The van der Waals surface area contributed by atoms with Gasteiger partial charge in [-0.1, -0.05) is 63.4 Å². The fourth-order valence-electron chi connectivity index (χ4n) is 3.63. The second-order valence-electron chi connectivity index (χ2n) is 6.28. The van der Waals surface area contributed by atoms with Crippen LogP contribution in [0.25, 0.3) is 0 Å². The van der Waals surface area contributed by atoms with E-state index in [2.05, 4.69) is 13.0 Å². The molecule has 2 rings (SSSR count). The van der Waals surface area contributed by atoms with Gasteiger partial charge in [0.05, 0.1) is 17.6 Å². The van der Waals surface area contributed by atoms with Gasteiger partial charge in [0.2, 0.25) is 0 Å². The van der Waals surface area contributed by atoms with Gasteiger partial charge < -0.3 is 5.11 Å². The summed E-state index contributed by atoms with van der Waals surface area (Å²) in [7, 11) is 0. The van der Waals surface area contributed by atoms with Gasteiger partial charge in [0.25, 0.3) is 0 Å². The van der Waals surface area contributed by atoms with Crippen molar-refractivity contribution >= 4 is 0 Å². The molecule has 1 aliphatic carbocycles. The van der Waals surface area contributed by atoms with Gasteiger partial charge in [-0.25, -0.2) is 0 Å².